The van der Waals surface area contributed by atoms with Gasteiger partial charge in [-0.1, -0.05) is 46.7 Å². The van der Waals surface area contributed by atoms with Gasteiger partial charge in [-0.05, 0) is 42.8 Å². The van der Waals surface area contributed by atoms with Crippen molar-refractivity contribution in [3.63, 3.8) is 0 Å². The molecule has 9 heteroatoms. The quantitative estimate of drug-likeness (QED) is 0.571. The molecule has 1 amide bonds. The number of methoxy groups -OCH3 is 1. The predicted octanol–water partition coefficient (Wildman–Crippen LogP) is 4.85. The van der Waals surface area contributed by atoms with Gasteiger partial charge in [0.1, 0.15) is 16.5 Å². The van der Waals surface area contributed by atoms with Gasteiger partial charge in [0, 0.05) is 11.4 Å². The van der Waals surface area contributed by atoms with Gasteiger partial charge in [0.05, 0.1) is 12.1 Å². The standard InChI is InChI=1S/C19H17Cl2N3O3S/c1-11(27-16-8-5-13(20)10-15(16)21)18(25)22-19-24-23-17(28-19)9-12-3-6-14(26-2)7-4-12/h3-8,10-11H,9H2,1-2H3,(H,22,24,25)/t11-/m0/s1. The van der Waals surface area contributed by atoms with Crippen molar-refractivity contribution in [1.82, 2.24) is 10.2 Å². The second-order valence-corrected chi connectivity index (χ2v) is 7.76. The highest BCUT2D eigenvalue weighted by Gasteiger charge is 2.18. The number of nitrogens with zero attached hydrogens (tertiary/aromatic N) is 2. The average molecular weight is 438 g/mol. The summed E-state index contributed by atoms with van der Waals surface area (Å²) in [5.41, 5.74) is 1.07. The van der Waals surface area contributed by atoms with Crippen molar-refractivity contribution in [2.75, 3.05) is 12.4 Å². The van der Waals surface area contributed by atoms with Gasteiger partial charge in [-0.3, -0.25) is 10.1 Å². The van der Waals surface area contributed by atoms with Crippen LogP contribution in [0.2, 0.25) is 10.0 Å². The minimum Gasteiger partial charge on any atom is -0.497 e. The fourth-order valence-electron chi connectivity index (χ4n) is 2.32. The smallest absolute Gasteiger partial charge is 0.266 e. The Morgan fingerprint density at radius 3 is 2.61 bits per heavy atom. The Bertz CT molecular complexity index is 963. The van der Waals surface area contributed by atoms with Crippen LogP contribution in [0.1, 0.15) is 17.5 Å². The summed E-state index contributed by atoms with van der Waals surface area (Å²) in [5, 5.41) is 12.9. The molecule has 1 aromatic heterocycles. The number of hydrogen-bond donors (Lipinski definition) is 1. The Labute approximate surface area is 176 Å². The molecule has 0 radical (unpaired) electrons. The minimum atomic E-state index is -0.771. The van der Waals surface area contributed by atoms with Gasteiger partial charge in [0.15, 0.2) is 6.10 Å². The number of carbonyl (C=O) groups is 1. The molecule has 3 rings (SSSR count). The van der Waals surface area contributed by atoms with Crippen LogP contribution < -0.4 is 14.8 Å². The zero-order valence-corrected chi connectivity index (χ0v) is 17.4. The summed E-state index contributed by atoms with van der Waals surface area (Å²) in [6.45, 7) is 1.62. The van der Waals surface area contributed by atoms with Crippen LogP contribution in [-0.4, -0.2) is 29.3 Å². The van der Waals surface area contributed by atoms with Crippen molar-refractivity contribution in [2.24, 2.45) is 0 Å². The molecule has 0 unspecified atom stereocenters. The van der Waals surface area contributed by atoms with Crippen molar-refractivity contribution in [1.29, 1.82) is 0 Å². The summed E-state index contributed by atoms with van der Waals surface area (Å²) in [5.74, 6) is 0.827. The summed E-state index contributed by atoms with van der Waals surface area (Å²) in [6.07, 6.45) is -0.156. The van der Waals surface area contributed by atoms with E-state index in [4.69, 9.17) is 32.7 Å². The fraction of sp³-hybridized carbons (Fsp3) is 0.211. The molecule has 0 aliphatic carbocycles. The maximum Gasteiger partial charge on any atom is 0.266 e. The van der Waals surface area contributed by atoms with Gasteiger partial charge < -0.3 is 9.47 Å². The molecule has 2 aromatic carbocycles. The predicted molar refractivity (Wildman–Crippen MR) is 111 cm³/mol. The molecule has 0 saturated carbocycles. The number of amides is 1. The highest BCUT2D eigenvalue weighted by molar-refractivity contribution is 7.15. The summed E-state index contributed by atoms with van der Waals surface area (Å²) < 4.78 is 10.7. The fourth-order valence-corrected chi connectivity index (χ4v) is 3.55. The normalized spacial score (nSPS) is 11.7. The third kappa shape index (κ3) is 5.34. The lowest BCUT2D eigenvalue weighted by molar-refractivity contribution is -0.122. The first kappa shape index (κ1) is 20.4. The van der Waals surface area contributed by atoms with Crippen molar-refractivity contribution in [2.45, 2.75) is 19.4 Å². The van der Waals surface area contributed by atoms with Crippen LogP contribution in [0.5, 0.6) is 11.5 Å². The Kier molecular flexibility index (Phi) is 6.72. The molecule has 3 aromatic rings. The topological polar surface area (TPSA) is 73.3 Å². The van der Waals surface area contributed by atoms with E-state index >= 15 is 0 Å². The first-order valence-corrected chi connectivity index (χ1v) is 9.89. The molecule has 0 saturated heterocycles. The van der Waals surface area contributed by atoms with Gasteiger partial charge >= 0.3 is 0 Å². The number of nitrogens with one attached hydrogen (secondary N) is 1. The summed E-state index contributed by atoms with van der Waals surface area (Å²) in [6, 6.07) is 12.5. The lowest BCUT2D eigenvalue weighted by Crippen LogP contribution is -2.30. The molecule has 28 heavy (non-hydrogen) atoms. The highest BCUT2D eigenvalue weighted by Crippen LogP contribution is 2.28. The summed E-state index contributed by atoms with van der Waals surface area (Å²) >= 11 is 13.2. The maximum atomic E-state index is 12.4. The van der Waals surface area contributed by atoms with E-state index in [1.54, 1.807) is 32.2 Å². The van der Waals surface area contributed by atoms with Crippen LogP contribution in [0.25, 0.3) is 0 Å². The Balaban J connectivity index is 1.58. The first-order chi connectivity index (χ1) is 13.4. The van der Waals surface area contributed by atoms with Gasteiger partial charge in [-0.25, -0.2) is 0 Å². The van der Waals surface area contributed by atoms with E-state index in [1.165, 1.54) is 11.3 Å². The van der Waals surface area contributed by atoms with Gasteiger partial charge in [0.25, 0.3) is 5.91 Å². The van der Waals surface area contributed by atoms with Crippen LogP contribution in [-0.2, 0) is 11.2 Å². The van der Waals surface area contributed by atoms with Crippen LogP contribution in [0.4, 0.5) is 5.13 Å². The molecule has 0 aliphatic rings. The minimum absolute atomic E-state index is 0.338. The molecule has 1 atom stereocenters. The van der Waals surface area contributed by atoms with E-state index in [9.17, 15) is 4.79 Å². The molecule has 0 spiro atoms. The molecule has 0 bridgehead atoms. The molecule has 6 nitrogen and oxygen atoms in total. The molecular weight excluding hydrogens is 421 g/mol. The molecule has 146 valence electrons. The highest BCUT2D eigenvalue weighted by atomic mass is 35.5. The third-order valence-electron chi connectivity index (χ3n) is 3.78. The molecule has 0 fully saturated rings. The Morgan fingerprint density at radius 1 is 1.18 bits per heavy atom. The van der Waals surface area contributed by atoms with Crippen LogP contribution >= 0.6 is 34.5 Å². The number of carbonyl (C=O) groups excluding carboxylic acids is 1. The lowest BCUT2D eigenvalue weighted by atomic mass is 10.1. The molecule has 1 N–H and O–H groups in total. The molecule has 1 heterocycles. The van der Waals surface area contributed by atoms with Crippen molar-refractivity contribution in [3.8, 4) is 11.5 Å². The van der Waals surface area contributed by atoms with E-state index in [-0.39, 0.29) is 5.91 Å². The van der Waals surface area contributed by atoms with E-state index < -0.39 is 6.10 Å². The zero-order valence-electron chi connectivity index (χ0n) is 15.1. The van der Waals surface area contributed by atoms with Crippen LogP contribution in [0.3, 0.4) is 0 Å². The number of halogens is 2. The van der Waals surface area contributed by atoms with Crippen LogP contribution in [0.15, 0.2) is 42.5 Å². The van der Waals surface area contributed by atoms with E-state index in [0.717, 1.165) is 16.3 Å². The van der Waals surface area contributed by atoms with Crippen molar-refractivity contribution < 1.29 is 14.3 Å². The van der Waals surface area contributed by atoms with Gasteiger partial charge in [-0.15, -0.1) is 10.2 Å². The monoisotopic (exact) mass is 437 g/mol. The third-order valence-corrected chi connectivity index (χ3v) is 5.15. The van der Waals surface area contributed by atoms with Crippen molar-refractivity contribution in [3.05, 3.63) is 63.1 Å². The maximum absolute atomic E-state index is 12.4. The van der Waals surface area contributed by atoms with Crippen LogP contribution in [0, 0.1) is 0 Å². The largest absolute Gasteiger partial charge is 0.497 e. The molecule has 0 aliphatic heterocycles. The lowest BCUT2D eigenvalue weighted by Gasteiger charge is -2.14. The van der Waals surface area contributed by atoms with E-state index in [1.807, 2.05) is 24.3 Å². The Hall–Kier alpha value is -2.35. The van der Waals surface area contributed by atoms with E-state index in [0.29, 0.717) is 27.3 Å². The average Bonchev–Trinajstić information content (AvgIpc) is 3.11. The number of hydrogen-bond acceptors (Lipinski definition) is 6. The summed E-state index contributed by atoms with van der Waals surface area (Å²) in [4.78, 5) is 12.4. The first-order valence-electron chi connectivity index (χ1n) is 8.32. The number of ether oxygens (including phenoxy) is 2. The zero-order chi connectivity index (χ0) is 20.1. The number of aromatic nitrogens is 2. The molecular formula is C19H17Cl2N3O3S. The number of benzene rings is 2. The number of anilines is 1. The Morgan fingerprint density at radius 2 is 1.93 bits per heavy atom. The summed E-state index contributed by atoms with van der Waals surface area (Å²) in [7, 11) is 1.63. The second kappa shape index (κ2) is 9.23. The van der Waals surface area contributed by atoms with Crippen molar-refractivity contribution >= 4 is 45.6 Å². The van der Waals surface area contributed by atoms with E-state index in [2.05, 4.69) is 15.5 Å². The van der Waals surface area contributed by atoms with Gasteiger partial charge in [-0.2, -0.15) is 0 Å². The van der Waals surface area contributed by atoms with Gasteiger partial charge in [0.2, 0.25) is 5.13 Å². The second-order valence-electron chi connectivity index (χ2n) is 5.85. The SMILES string of the molecule is COc1ccc(Cc2nnc(NC(=O)[C@H](C)Oc3ccc(Cl)cc3Cl)s2)cc1. The number of rotatable bonds is 7.